The average molecular weight is 287 g/mol. The van der Waals surface area contributed by atoms with Crippen LogP contribution in [0.1, 0.15) is 31.0 Å². The Kier molecular flexibility index (Phi) is 6.83. The first kappa shape index (κ1) is 16.5. The molecule has 1 aromatic rings. The molecule has 2 heterocycles. The fourth-order valence-electron chi connectivity index (χ4n) is 2.74. The van der Waals surface area contributed by atoms with Crippen molar-refractivity contribution >= 4 is 12.4 Å². The Morgan fingerprint density at radius 3 is 2.58 bits per heavy atom. The zero-order valence-corrected chi connectivity index (χ0v) is 13.2. The van der Waals surface area contributed by atoms with Crippen LogP contribution in [0.4, 0.5) is 0 Å². The number of likely N-dealkylation sites (tertiary alicyclic amines) is 1. The summed E-state index contributed by atoms with van der Waals surface area (Å²) in [4.78, 5) is 2.56. The zero-order chi connectivity index (χ0) is 13.0. The molecule has 0 saturated carbocycles. The maximum absolute atomic E-state index is 4.41. The summed E-state index contributed by atoms with van der Waals surface area (Å²) < 4.78 is 1.92. The minimum absolute atomic E-state index is 0. The quantitative estimate of drug-likeness (QED) is 0.898. The largest absolute Gasteiger partial charge is 0.317 e. The van der Waals surface area contributed by atoms with Crippen molar-refractivity contribution in [2.75, 3.05) is 26.2 Å². The fraction of sp³-hybridized carbons (Fsp3) is 0.786. The number of hydrogen-bond donors (Lipinski definition) is 1. The zero-order valence-electron chi connectivity index (χ0n) is 12.4. The summed E-state index contributed by atoms with van der Waals surface area (Å²) in [6.45, 7) is 10.1. The number of aryl methyl sites for hydroxylation is 2. The molecule has 0 unspecified atom stereocenters. The van der Waals surface area contributed by atoms with E-state index in [9.17, 15) is 0 Å². The Balaban J connectivity index is 0.00000180. The molecule has 1 aliphatic rings. The molecular weight excluding hydrogens is 260 g/mol. The monoisotopic (exact) mass is 286 g/mol. The van der Waals surface area contributed by atoms with Crippen molar-refractivity contribution in [1.29, 1.82) is 0 Å². The highest BCUT2D eigenvalue weighted by molar-refractivity contribution is 5.85. The highest BCUT2D eigenvalue weighted by atomic mass is 35.5. The highest BCUT2D eigenvalue weighted by Crippen LogP contribution is 2.19. The first-order valence-electron chi connectivity index (χ1n) is 7.11. The predicted octanol–water partition coefficient (Wildman–Crippen LogP) is 1.97. The second kappa shape index (κ2) is 7.88. The molecule has 0 aliphatic carbocycles. The lowest BCUT2D eigenvalue weighted by atomic mass is 9.96. The van der Waals surface area contributed by atoms with Crippen LogP contribution in [0.25, 0.3) is 0 Å². The number of hydrogen-bond acceptors (Lipinski definition) is 3. The number of piperidine rings is 1. The number of nitrogens with one attached hydrogen (secondary N) is 1. The van der Waals surface area contributed by atoms with E-state index in [0.29, 0.717) is 0 Å². The normalized spacial score (nSPS) is 17.4. The second-order valence-electron chi connectivity index (χ2n) is 5.44. The summed E-state index contributed by atoms with van der Waals surface area (Å²) in [7, 11) is 2.00. The summed E-state index contributed by atoms with van der Waals surface area (Å²) in [6.07, 6.45) is 4.80. The molecule has 0 radical (unpaired) electrons. The second-order valence-corrected chi connectivity index (χ2v) is 5.44. The average Bonchev–Trinajstić information content (AvgIpc) is 2.67. The van der Waals surface area contributed by atoms with Crippen molar-refractivity contribution in [2.45, 2.75) is 33.2 Å². The number of nitrogens with zero attached hydrogens (tertiary/aromatic N) is 3. The third-order valence-corrected chi connectivity index (χ3v) is 3.90. The molecule has 1 aliphatic heterocycles. The molecule has 0 atom stereocenters. The van der Waals surface area contributed by atoms with Crippen LogP contribution in [-0.2, 0) is 13.6 Å². The van der Waals surface area contributed by atoms with Gasteiger partial charge < -0.3 is 5.32 Å². The van der Waals surface area contributed by atoms with Gasteiger partial charge in [-0.1, -0.05) is 6.92 Å². The van der Waals surface area contributed by atoms with Gasteiger partial charge in [-0.25, -0.2) is 0 Å². The summed E-state index contributed by atoms with van der Waals surface area (Å²) in [5.41, 5.74) is 2.55. The molecule has 110 valence electrons. The molecule has 0 amide bonds. The van der Waals surface area contributed by atoms with E-state index in [4.69, 9.17) is 0 Å². The lowest BCUT2D eigenvalue weighted by molar-refractivity contribution is 0.175. The predicted molar refractivity (Wildman–Crippen MR) is 81.7 cm³/mol. The van der Waals surface area contributed by atoms with Gasteiger partial charge in [0.15, 0.2) is 0 Å². The van der Waals surface area contributed by atoms with Crippen molar-refractivity contribution in [1.82, 2.24) is 20.0 Å². The molecule has 1 aromatic heterocycles. The van der Waals surface area contributed by atoms with Gasteiger partial charge in [0.2, 0.25) is 0 Å². The lowest BCUT2D eigenvalue weighted by Gasteiger charge is -2.31. The van der Waals surface area contributed by atoms with Gasteiger partial charge in [0.05, 0.1) is 5.69 Å². The van der Waals surface area contributed by atoms with Crippen LogP contribution < -0.4 is 5.32 Å². The Labute approximate surface area is 123 Å². The third kappa shape index (κ3) is 4.79. The van der Waals surface area contributed by atoms with E-state index in [-0.39, 0.29) is 12.4 Å². The Morgan fingerprint density at radius 1 is 1.37 bits per heavy atom. The van der Waals surface area contributed by atoms with Crippen LogP contribution in [0.3, 0.4) is 0 Å². The van der Waals surface area contributed by atoms with Gasteiger partial charge in [0, 0.05) is 25.4 Å². The Bertz CT molecular complexity index is 370. The summed E-state index contributed by atoms with van der Waals surface area (Å²) in [6, 6.07) is 0. The topological polar surface area (TPSA) is 33.1 Å². The van der Waals surface area contributed by atoms with Gasteiger partial charge in [-0.3, -0.25) is 9.58 Å². The van der Waals surface area contributed by atoms with Crippen molar-refractivity contribution < 1.29 is 0 Å². The molecule has 4 nitrogen and oxygen atoms in total. The van der Waals surface area contributed by atoms with Crippen LogP contribution in [-0.4, -0.2) is 40.9 Å². The molecule has 19 heavy (non-hydrogen) atoms. The number of halogens is 1. The van der Waals surface area contributed by atoms with Gasteiger partial charge in [0.1, 0.15) is 0 Å². The molecule has 0 spiro atoms. The van der Waals surface area contributed by atoms with Crippen LogP contribution in [0, 0.1) is 12.8 Å². The molecule has 0 aromatic carbocycles. The van der Waals surface area contributed by atoms with E-state index in [0.717, 1.165) is 19.0 Å². The number of aromatic nitrogens is 2. The molecule has 0 bridgehead atoms. The van der Waals surface area contributed by atoms with Crippen molar-refractivity contribution in [3.05, 3.63) is 17.5 Å². The van der Waals surface area contributed by atoms with Gasteiger partial charge in [-0.2, -0.15) is 5.10 Å². The number of rotatable bonds is 5. The maximum Gasteiger partial charge on any atom is 0.0638 e. The van der Waals surface area contributed by atoms with Crippen molar-refractivity contribution in [3.8, 4) is 0 Å². The van der Waals surface area contributed by atoms with Crippen molar-refractivity contribution in [3.63, 3.8) is 0 Å². The van der Waals surface area contributed by atoms with E-state index in [1.165, 1.54) is 43.7 Å². The van der Waals surface area contributed by atoms with E-state index >= 15 is 0 Å². The smallest absolute Gasteiger partial charge is 0.0638 e. The highest BCUT2D eigenvalue weighted by Gasteiger charge is 2.19. The van der Waals surface area contributed by atoms with E-state index < -0.39 is 0 Å². The molecular formula is C14H27ClN4. The molecule has 1 fully saturated rings. The first-order chi connectivity index (χ1) is 8.69. The van der Waals surface area contributed by atoms with Gasteiger partial charge in [0.25, 0.3) is 0 Å². The summed E-state index contributed by atoms with van der Waals surface area (Å²) in [5.74, 6) is 0.871. The van der Waals surface area contributed by atoms with Gasteiger partial charge in [-0.15, -0.1) is 12.4 Å². The Morgan fingerprint density at radius 2 is 2.05 bits per heavy atom. The molecule has 5 heteroatoms. The first-order valence-corrected chi connectivity index (χ1v) is 7.11. The maximum atomic E-state index is 4.41. The van der Waals surface area contributed by atoms with Gasteiger partial charge in [-0.05, 0) is 51.9 Å². The van der Waals surface area contributed by atoms with Crippen molar-refractivity contribution in [2.24, 2.45) is 13.0 Å². The van der Waals surface area contributed by atoms with Crippen LogP contribution in [0.5, 0.6) is 0 Å². The van der Waals surface area contributed by atoms with E-state index in [1.54, 1.807) is 0 Å². The Hall–Kier alpha value is -0.580. The van der Waals surface area contributed by atoms with Crippen LogP contribution >= 0.6 is 12.4 Å². The summed E-state index contributed by atoms with van der Waals surface area (Å²) >= 11 is 0. The molecule has 1 N–H and O–H groups in total. The SMILES string of the molecule is CCNCC1CCN(Cc2cn(C)nc2C)CC1.Cl. The minimum Gasteiger partial charge on any atom is -0.317 e. The third-order valence-electron chi connectivity index (χ3n) is 3.90. The van der Waals surface area contributed by atoms with E-state index in [1.807, 2.05) is 11.7 Å². The minimum atomic E-state index is 0. The van der Waals surface area contributed by atoms with Gasteiger partial charge >= 0.3 is 0 Å². The lowest BCUT2D eigenvalue weighted by Crippen LogP contribution is -2.36. The molecule has 2 rings (SSSR count). The summed E-state index contributed by atoms with van der Waals surface area (Å²) in [5, 5.41) is 7.88. The van der Waals surface area contributed by atoms with E-state index in [2.05, 4.69) is 35.4 Å². The van der Waals surface area contributed by atoms with Crippen LogP contribution in [0.15, 0.2) is 6.20 Å². The molecule has 1 saturated heterocycles. The standard InChI is InChI=1S/C14H26N4.ClH/c1-4-15-9-13-5-7-18(8-6-13)11-14-10-17(3)16-12(14)2;/h10,13,15H,4-9,11H2,1-3H3;1H. The van der Waals surface area contributed by atoms with Crippen LogP contribution in [0.2, 0.25) is 0 Å². The fourth-order valence-corrected chi connectivity index (χ4v) is 2.74.